The number of nitro groups is 1. The first-order chi connectivity index (χ1) is 8.97. The van der Waals surface area contributed by atoms with Crippen LogP contribution >= 0.6 is 0 Å². The van der Waals surface area contributed by atoms with Crippen molar-refractivity contribution in [3.05, 3.63) is 46.0 Å². The number of aryl methyl sites for hydroxylation is 1. The number of amides is 1. The highest BCUT2D eigenvalue weighted by molar-refractivity contribution is 6.03. The Hall–Kier alpha value is -2.84. The molecule has 0 spiro atoms. The van der Waals surface area contributed by atoms with E-state index in [0.29, 0.717) is 0 Å². The Kier molecular flexibility index (Phi) is 3.19. The van der Waals surface area contributed by atoms with Crippen LogP contribution in [-0.2, 0) is 7.05 Å². The van der Waals surface area contributed by atoms with Crippen LogP contribution in [0.1, 0.15) is 10.5 Å². The molecule has 0 saturated heterocycles. The molecule has 0 aliphatic carbocycles. The fraction of sp³-hybridized carbons (Fsp3) is 0.100. The first-order valence-electron chi connectivity index (χ1n) is 5.09. The number of aromatic nitrogens is 3. The highest BCUT2D eigenvalue weighted by Gasteiger charge is 2.18. The molecule has 2 aromatic rings. The zero-order valence-electron chi connectivity index (χ0n) is 9.70. The third-order valence-electron chi connectivity index (χ3n) is 2.24. The van der Waals surface area contributed by atoms with Crippen molar-refractivity contribution in [1.82, 2.24) is 15.0 Å². The van der Waals surface area contributed by atoms with E-state index in [1.54, 1.807) is 7.05 Å². The number of carbonyl (C=O) groups excluding carboxylic acids is 1. The van der Waals surface area contributed by atoms with E-state index in [9.17, 15) is 19.3 Å². The normalized spacial score (nSPS) is 10.2. The molecule has 0 unspecified atom stereocenters. The molecule has 1 aromatic heterocycles. The molecule has 1 heterocycles. The summed E-state index contributed by atoms with van der Waals surface area (Å²) in [6, 6.07) is 2.78. The average molecular weight is 265 g/mol. The summed E-state index contributed by atoms with van der Waals surface area (Å²) in [6.45, 7) is 0. The van der Waals surface area contributed by atoms with Gasteiger partial charge in [-0.3, -0.25) is 19.6 Å². The van der Waals surface area contributed by atoms with Crippen LogP contribution in [0, 0.1) is 15.9 Å². The van der Waals surface area contributed by atoms with Crippen LogP contribution in [-0.4, -0.2) is 25.8 Å². The van der Waals surface area contributed by atoms with Crippen LogP contribution in [0.25, 0.3) is 0 Å². The van der Waals surface area contributed by atoms with E-state index in [1.807, 2.05) is 0 Å². The number of anilines is 1. The second-order valence-corrected chi connectivity index (χ2v) is 3.65. The van der Waals surface area contributed by atoms with Crippen molar-refractivity contribution in [3.63, 3.8) is 0 Å². The molecule has 0 saturated carbocycles. The number of nitro benzene ring substituents is 1. The molecule has 8 nitrogen and oxygen atoms in total. The second-order valence-electron chi connectivity index (χ2n) is 3.65. The van der Waals surface area contributed by atoms with Crippen molar-refractivity contribution >= 4 is 17.3 Å². The molecule has 1 aromatic carbocycles. The van der Waals surface area contributed by atoms with Crippen molar-refractivity contribution in [2.75, 3.05) is 5.32 Å². The van der Waals surface area contributed by atoms with Crippen LogP contribution in [0.4, 0.5) is 15.8 Å². The first-order valence-corrected chi connectivity index (χ1v) is 5.09. The molecule has 0 bridgehead atoms. The predicted octanol–water partition coefficient (Wildman–Crippen LogP) is 1.11. The van der Waals surface area contributed by atoms with Gasteiger partial charge in [0.05, 0.1) is 11.1 Å². The molecular formula is C10H8FN5O3. The molecule has 0 radical (unpaired) electrons. The van der Waals surface area contributed by atoms with E-state index in [1.165, 1.54) is 10.9 Å². The zero-order valence-corrected chi connectivity index (χ0v) is 9.70. The van der Waals surface area contributed by atoms with Gasteiger partial charge in [-0.25, -0.2) is 4.39 Å². The van der Waals surface area contributed by atoms with Crippen molar-refractivity contribution in [2.24, 2.45) is 7.05 Å². The smallest absolute Gasteiger partial charge is 0.292 e. The Morgan fingerprint density at radius 2 is 2.26 bits per heavy atom. The van der Waals surface area contributed by atoms with Gasteiger partial charge < -0.3 is 5.32 Å². The quantitative estimate of drug-likeness (QED) is 0.661. The lowest BCUT2D eigenvalue weighted by molar-refractivity contribution is -0.384. The largest absolute Gasteiger partial charge is 0.315 e. The van der Waals surface area contributed by atoms with E-state index < -0.39 is 22.3 Å². The lowest BCUT2D eigenvalue weighted by Gasteiger charge is -2.03. The zero-order chi connectivity index (χ0) is 14.0. The third kappa shape index (κ3) is 2.70. The number of nitrogens with one attached hydrogen (secondary N) is 1. The summed E-state index contributed by atoms with van der Waals surface area (Å²) in [5.41, 5.74) is -0.666. The number of benzene rings is 1. The van der Waals surface area contributed by atoms with E-state index in [-0.39, 0.29) is 11.4 Å². The van der Waals surface area contributed by atoms with Gasteiger partial charge in [0.15, 0.2) is 5.69 Å². The molecule has 19 heavy (non-hydrogen) atoms. The van der Waals surface area contributed by atoms with Crippen LogP contribution < -0.4 is 5.32 Å². The summed E-state index contributed by atoms with van der Waals surface area (Å²) in [4.78, 5) is 21.8. The van der Waals surface area contributed by atoms with Gasteiger partial charge in [-0.05, 0) is 6.07 Å². The Morgan fingerprint density at radius 3 is 2.84 bits per heavy atom. The highest BCUT2D eigenvalue weighted by Crippen LogP contribution is 2.25. The van der Waals surface area contributed by atoms with Gasteiger partial charge in [-0.2, -0.15) is 0 Å². The number of carbonyl (C=O) groups is 1. The van der Waals surface area contributed by atoms with Crippen LogP contribution in [0.15, 0.2) is 24.4 Å². The maximum atomic E-state index is 13.1. The molecule has 1 N–H and O–H groups in total. The van der Waals surface area contributed by atoms with E-state index in [2.05, 4.69) is 15.6 Å². The van der Waals surface area contributed by atoms with E-state index in [0.717, 1.165) is 18.2 Å². The van der Waals surface area contributed by atoms with Gasteiger partial charge in [0.2, 0.25) is 0 Å². The van der Waals surface area contributed by atoms with Crippen LogP contribution in [0.2, 0.25) is 0 Å². The van der Waals surface area contributed by atoms with Crippen molar-refractivity contribution in [1.29, 1.82) is 0 Å². The third-order valence-corrected chi connectivity index (χ3v) is 2.24. The van der Waals surface area contributed by atoms with E-state index >= 15 is 0 Å². The topological polar surface area (TPSA) is 103 Å². The lowest BCUT2D eigenvalue weighted by atomic mass is 10.2. The maximum Gasteiger partial charge on any atom is 0.292 e. The summed E-state index contributed by atoms with van der Waals surface area (Å²) in [7, 11) is 1.56. The molecule has 0 aliphatic heterocycles. The summed E-state index contributed by atoms with van der Waals surface area (Å²) in [5.74, 6) is -1.40. The van der Waals surface area contributed by atoms with Gasteiger partial charge in [0, 0.05) is 19.2 Å². The monoisotopic (exact) mass is 265 g/mol. The minimum absolute atomic E-state index is 0.0268. The van der Waals surface area contributed by atoms with Crippen molar-refractivity contribution in [2.45, 2.75) is 0 Å². The summed E-state index contributed by atoms with van der Waals surface area (Å²) in [6.07, 6.45) is 1.33. The van der Waals surface area contributed by atoms with Crippen LogP contribution in [0.5, 0.6) is 0 Å². The van der Waals surface area contributed by atoms with Crippen LogP contribution in [0.3, 0.4) is 0 Å². The second kappa shape index (κ2) is 4.80. The number of nitrogens with zero attached hydrogens (tertiary/aromatic N) is 4. The Morgan fingerprint density at radius 1 is 1.53 bits per heavy atom. The number of hydrogen-bond acceptors (Lipinski definition) is 5. The molecule has 0 atom stereocenters. The molecule has 1 amide bonds. The van der Waals surface area contributed by atoms with Gasteiger partial charge in [-0.1, -0.05) is 5.21 Å². The summed E-state index contributed by atoms with van der Waals surface area (Å²) < 4.78 is 14.4. The minimum atomic E-state index is -0.717. The average Bonchev–Trinajstić information content (AvgIpc) is 2.75. The predicted molar refractivity (Wildman–Crippen MR) is 62.0 cm³/mol. The molecule has 9 heteroatoms. The molecule has 2 rings (SSSR count). The molecule has 0 aliphatic rings. The summed E-state index contributed by atoms with van der Waals surface area (Å²) in [5, 5.41) is 20.1. The first kappa shape index (κ1) is 12.6. The van der Waals surface area contributed by atoms with Gasteiger partial charge in [0.25, 0.3) is 11.6 Å². The number of rotatable bonds is 3. The Labute approximate surface area is 106 Å². The molecule has 0 fully saturated rings. The van der Waals surface area contributed by atoms with E-state index in [4.69, 9.17) is 0 Å². The number of hydrogen-bond donors (Lipinski definition) is 1. The molecule has 98 valence electrons. The fourth-order valence-corrected chi connectivity index (χ4v) is 1.41. The van der Waals surface area contributed by atoms with Gasteiger partial charge >= 0.3 is 0 Å². The fourth-order valence-electron chi connectivity index (χ4n) is 1.41. The maximum absolute atomic E-state index is 13.1. The minimum Gasteiger partial charge on any atom is -0.315 e. The van der Waals surface area contributed by atoms with Gasteiger partial charge in [0.1, 0.15) is 11.5 Å². The standard InChI is InChI=1S/C10H8FN5O3/c1-15-5-8(13-14-15)10(17)12-7-4-6(11)2-3-9(7)16(18)19/h2-5H,1H3,(H,12,17). The molecular weight excluding hydrogens is 257 g/mol. The number of halogens is 1. The van der Waals surface area contributed by atoms with Crippen molar-refractivity contribution in [3.8, 4) is 0 Å². The lowest BCUT2D eigenvalue weighted by Crippen LogP contribution is -2.13. The van der Waals surface area contributed by atoms with Crippen molar-refractivity contribution < 1.29 is 14.1 Å². The highest BCUT2D eigenvalue weighted by atomic mass is 19.1. The SMILES string of the molecule is Cn1cc(C(=O)Nc2cc(F)ccc2[N+](=O)[O-])nn1. The van der Waals surface area contributed by atoms with Gasteiger partial charge in [-0.15, -0.1) is 5.10 Å². The Bertz CT molecular complexity index is 654. The Balaban J connectivity index is 2.30. The summed E-state index contributed by atoms with van der Waals surface area (Å²) >= 11 is 0.